The Balaban J connectivity index is 1.72. The van der Waals surface area contributed by atoms with Gasteiger partial charge in [-0.25, -0.2) is 9.78 Å². The summed E-state index contributed by atoms with van der Waals surface area (Å²) in [7, 11) is 0. The Morgan fingerprint density at radius 2 is 1.92 bits per heavy atom. The predicted octanol–water partition coefficient (Wildman–Crippen LogP) is 0.348. The predicted molar refractivity (Wildman–Crippen MR) is 91.5 cm³/mol. The molecule has 2 saturated heterocycles. The average molecular weight is 352 g/mol. The fourth-order valence-corrected chi connectivity index (χ4v) is 4.24. The van der Waals surface area contributed by atoms with Gasteiger partial charge >= 0.3 is 6.03 Å². The highest BCUT2D eigenvalue weighted by molar-refractivity contribution is 6.20. The molecule has 3 aliphatic heterocycles. The van der Waals surface area contributed by atoms with Crippen LogP contribution >= 0.6 is 0 Å². The number of rotatable bonds is 0. The number of amides is 4. The zero-order valence-corrected chi connectivity index (χ0v) is 13.8. The summed E-state index contributed by atoms with van der Waals surface area (Å²) >= 11 is 0. The van der Waals surface area contributed by atoms with Gasteiger partial charge < -0.3 is 9.64 Å². The second kappa shape index (κ2) is 5.25. The molecule has 5 rings (SSSR count). The van der Waals surface area contributed by atoms with Crippen LogP contribution in [-0.4, -0.2) is 48.6 Å². The minimum atomic E-state index is -1.41. The van der Waals surface area contributed by atoms with E-state index in [2.05, 4.69) is 10.6 Å². The third-order valence-electron chi connectivity index (χ3n) is 5.48. The topological polar surface area (TPSA) is 101 Å². The smallest absolute Gasteiger partial charge is 0.328 e. The number of morpholine rings is 1. The van der Waals surface area contributed by atoms with E-state index in [4.69, 9.17) is 9.72 Å². The van der Waals surface area contributed by atoms with Crippen LogP contribution in [-0.2, 0) is 20.7 Å². The molecule has 0 saturated carbocycles. The van der Waals surface area contributed by atoms with Crippen LogP contribution in [0.3, 0.4) is 0 Å². The largest absolute Gasteiger partial charge is 0.377 e. The second-order valence-electron chi connectivity index (χ2n) is 6.83. The number of fused-ring (bicyclic) bond motifs is 5. The molecule has 2 fully saturated rings. The minimum absolute atomic E-state index is 0.176. The van der Waals surface area contributed by atoms with Crippen molar-refractivity contribution in [1.82, 2.24) is 15.6 Å². The van der Waals surface area contributed by atoms with Crippen molar-refractivity contribution in [2.75, 3.05) is 24.7 Å². The van der Waals surface area contributed by atoms with Gasteiger partial charge in [0.1, 0.15) is 5.82 Å². The first-order chi connectivity index (χ1) is 12.6. The summed E-state index contributed by atoms with van der Waals surface area (Å²) in [4.78, 5) is 44.0. The number of aromatic nitrogens is 1. The lowest BCUT2D eigenvalue weighted by Gasteiger charge is -2.51. The monoisotopic (exact) mass is 352 g/mol. The zero-order chi connectivity index (χ0) is 17.9. The first kappa shape index (κ1) is 15.3. The lowest BCUT2D eigenvalue weighted by Crippen LogP contribution is -2.73. The summed E-state index contributed by atoms with van der Waals surface area (Å²) in [6.45, 7) is 1.24. The van der Waals surface area contributed by atoms with E-state index < -0.39 is 29.3 Å². The Bertz CT molecular complexity index is 953. The van der Waals surface area contributed by atoms with Crippen LogP contribution < -0.4 is 15.5 Å². The fraction of sp³-hybridized carbons (Fsp3) is 0.333. The second-order valence-corrected chi connectivity index (χ2v) is 6.83. The third kappa shape index (κ3) is 1.93. The Hall–Kier alpha value is -3.00. The third-order valence-corrected chi connectivity index (χ3v) is 5.48. The zero-order valence-electron chi connectivity index (χ0n) is 13.8. The molecule has 0 unspecified atom stereocenters. The number of hydrogen-bond acceptors (Lipinski definition) is 6. The highest BCUT2D eigenvalue weighted by atomic mass is 16.5. The number of nitrogens with one attached hydrogen (secondary N) is 2. The lowest BCUT2D eigenvalue weighted by molar-refractivity contribution is -0.148. The van der Waals surface area contributed by atoms with Crippen molar-refractivity contribution in [2.24, 2.45) is 5.41 Å². The number of ether oxygens (including phenoxy) is 1. The van der Waals surface area contributed by atoms with E-state index >= 15 is 0 Å². The number of carbonyl (C=O) groups is 3. The van der Waals surface area contributed by atoms with Crippen LogP contribution in [0.5, 0.6) is 0 Å². The maximum atomic E-state index is 12.8. The fourth-order valence-electron chi connectivity index (χ4n) is 4.24. The van der Waals surface area contributed by atoms with E-state index in [-0.39, 0.29) is 13.0 Å². The van der Waals surface area contributed by atoms with Gasteiger partial charge in [-0.3, -0.25) is 20.2 Å². The molecular formula is C18H16N4O4. The molecule has 1 aromatic heterocycles. The van der Waals surface area contributed by atoms with E-state index in [1.807, 2.05) is 35.2 Å². The Kier molecular flexibility index (Phi) is 3.08. The molecule has 4 amide bonds. The number of benzene rings is 1. The number of nitrogens with zero attached hydrogens (tertiary/aromatic N) is 2. The molecule has 1 spiro atoms. The highest BCUT2D eigenvalue weighted by Crippen LogP contribution is 2.44. The number of carbonyl (C=O) groups excluding carboxylic acids is 3. The first-order valence-corrected chi connectivity index (χ1v) is 8.49. The van der Waals surface area contributed by atoms with E-state index in [0.29, 0.717) is 13.2 Å². The van der Waals surface area contributed by atoms with Crippen LogP contribution in [0.1, 0.15) is 5.56 Å². The molecule has 3 aliphatic rings. The number of anilines is 1. The number of urea groups is 1. The molecule has 1 aromatic carbocycles. The van der Waals surface area contributed by atoms with Gasteiger partial charge in [0.05, 0.1) is 24.8 Å². The number of barbiturate groups is 1. The molecule has 0 radical (unpaired) electrons. The maximum Gasteiger partial charge on any atom is 0.328 e. The maximum absolute atomic E-state index is 12.8. The van der Waals surface area contributed by atoms with Crippen LogP contribution in [0.25, 0.3) is 10.9 Å². The molecule has 8 nitrogen and oxygen atoms in total. The molecule has 2 N–H and O–H groups in total. The first-order valence-electron chi connectivity index (χ1n) is 8.49. The number of para-hydroxylation sites is 1. The van der Waals surface area contributed by atoms with Gasteiger partial charge in [-0.1, -0.05) is 18.2 Å². The summed E-state index contributed by atoms with van der Waals surface area (Å²) in [5.74, 6) is -0.378. The number of hydrogen-bond donors (Lipinski definition) is 2. The van der Waals surface area contributed by atoms with Gasteiger partial charge in [0.25, 0.3) is 0 Å². The van der Waals surface area contributed by atoms with Gasteiger partial charge in [-0.2, -0.15) is 0 Å². The van der Waals surface area contributed by atoms with Crippen LogP contribution in [0.2, 0.25) is 0 Å². The van der Waals surface area contributed by atoms with Crippen molar-refractivity contribution in [3.8, 4) is 0 Å². The van der Waals surface area contributed by atoms with Crippen molar-refractivity contribution in [3.63, 3.8) is 0 Å². The van der Waals surface area contributed by atoms with Gasteiger partial charge in [0, 0.05) is 18.4 Å². The van der Waals surface area contributed by atoms with Gasteiger partial charge in [0.15, 0.2) is 5.41 Å². The molecule has 1 atom stereocenters. The SMILES string of the molecule is O=C1NC(=O)C2(Cc3cc4ccccc4nc3N3CCOC[C@@H]32)C(=O)N1. The molecule has 4 heterocycles. The Labute approximate surface area is 148 Å². The summed E-state index contributed by atoms with van der Waals surface area (Å²) in [5, 5.41) is 5.46. The molecule has 0 bridgehead atoms. The quantitative estimate of drug-likeness (QED) is 0.664. The summed E-state index contributed by atoms with van der Waals surface area (Å²) in [6, 6.07) is 8.42. The minimum Gasteiger partial charge on any atom is -0.377 e. The molecule has 0 aliphatic carbocycles. The number of pyridine rings is 1. The number of imide groups is 2. The van der Waals surface area contributed by atoms with Crippen molar-refractivity contribution >= 4 is 34.6 Å². The average Bonchev–Trinajstić information content (AvgIpc) is 2.64. The van der Waals surface area contributed by atoms with Crippen molar-refractivity contribution in [2.45, 2.75) is 12.5 Å². The van der Waals surface area contributed by atoms with Gasteiger partial charge in [0.2, 0.25) is 11.8 Å². The van der Waals surface area contributed by atoms with E-state index in [0.717, 1.165) is 22.3 Å². The summed E-state index contributed by atoms with van der Waals surface area (Å²) < 4.78 is 5.58. The van der Waals surface area contributed by atoms with E-state index in [1.54, 1.807) is 0 Å². The summed E-state index contributed by atoms with van der Waals surface area (Å²) in [6.07, 6.45) is 0.176. The molecule has 132 valence electrons. The normalized spacial score (nSPS) is 24.1. The Morgan fingerprint density at radius 3 is 2.73 bits per heavy atom. The van der Waals surface area contributed by atoms with Crippen LogP contribution in [0, 0.1) is 5.41 Å². The molecule has 26 heavy (non-hydrogen) atoms. The standard InChI is InChI=1S/C18H16N4O4/c23-15-18(16(24)21-17(25)20-15)8-11-7-10-3-1-2-4-12(10)19-14(11)22-5-6-26-9-13(18)22/h1-4,7,13H,5-6,8-9H2,(H2,20,21,23,24,25)/t13-/m1/s1. The summed E-state index contributed by atoms with van der Waals surface area (Å²) in [5.41, 5.74) is 0.271. The molecule has 2 aromatic rings. The van der Waals surface area contributed by atoms with Gasteiger partial charge in [-0.15, -0.1) is 0 Å². The Morgan fingerprint density at radius 1 is 1.15 bits per heavy atom. The van der Waals surface area contributed by atoms with Crippen LogP contribution in [0.15, 0.2) is 30.3 Å². The molecule has 8 heteroatoms. The molecular weight excluding hydrogens is 336 g/mol. The van der Waals surface area contributed by atoms with Crippen molar-refractivity contribution in [1.29, 1.82) is 0 Å². The van der Waals surface area contributed by atoms with E-state index in [9.17, 15) is 14.4 Å². The van der Waals surface area contributed by atoms with Crippen molar-refractivity contribution in [3.05, 3.63) is 35.9 Å². The van der Waals surface area contributed by atoms with E-state index in [1.165, 1.54) is 0 Å². The van der Waals surface area contributed by atoms with Crippen molar-refractivity contribution < 1.29 is 19.1 Å². The lowest BCUT2D eigenvalue weighted by atomic mass is 9.69. The van der Waals surface area contributed by atoms with Gasteiger partial charge in [-0.05, 0) is 17.7 Å². The van der Waals surface area contributed by atoms with Crippen LogP contribution in [0.4, 0.5) is 10.6 Å². The highest BCUT2D eigenvalue weighted by Gasteiger charge is 2.60.